The van der Waals surface area contributed by atoms with Gasteiger partial charge in [0.2, 0.25) is 11.8 Å². The van der Waals surface area contributed by atoms with Gasteiger partial charge in [-0.05, 0) is 18.9 Å². The van der Waals surface area contributed by atoms with Crippen molar-refractivity contribution in [3.05, 3.63) is 12.7 Å². The zero-order valence-corrected chi connectivity index (χ0v) is 11.1. The fraction of sp³-hybridized carbons (Fsp3) is 0.692. The van der Waals surface area contributed by atoms with E-state index in [0.29, 0.717) is 25.9 Å². The van der Waals surface area contributed by atoms with Gasteiger partial charge in [-0.15, -0.1) is 0 Å². The molecule has 7 heteroatoms. The molecule has 0 aromatic rings. The number of likely N-dealkylation sites (tertiary alicyclic amines) is 2. The highest BCUT2D eigenvalue weighted by Gasteiger charge is 2.37. The Labute approximate surface area is 116 Å². The van der Waals surface area contributed by atoms with Crippen LogP contribution in [0.25, 0.3) is 0 Å². The summed E-state index contributed by atoms with van der Waals surface area (Å²) in [5.41, 5.74) is 0. The molecule has 20 heavy (non-hydrogen) atoms. The third-order valence-corrected chi connectivity index (χ3v) is 3.79. The summed E-state index contributed by atoms with van der Waals surface area (Å²) in [6.45, 7) is 2.17. The second-order valence-electron chi connectivity index (χ2n) is 5.07. The van der Waals surface area contributed by atoms with E-state index in [1.807, 2.05) is 0 Å². The van der Waals surface area contributed by atoms with Crippen LogP contribution >= 0.6 is 0 Å². The first-order valence-corrected chi connectivity index (χ1v) is 6.65. The molecule has 2 aliphatic heterocycles. The third kappa shape index (κ3) is 3.33. The van der Waals surface area contributed by atoms with E-state index in [0.717, 1.165) is 0 Å². The topological polar surface area (TPSA) is 49.9 Å². The number of nitrogens with zero attached hydrogens (tertiary/aromatic N) is 2. The van der Waals surface area contributed by atoms with Crippen LogP contribution in [0.15, 0.2) is 12.7 Å². The number of hydrogen-bond acceptors (Lipinski definition) is 3. The van der Waals surface area contributed by atoms with Gasteiger partial charge in [0.1, 0.15) is 0 Å². The van der Waals surface area contributed by atoms with Crippen LogP contribution in [0.4, 0.5) is 8.78 Å². The number of amides is 2. The molecular formula is C13H18F2N2O3. The van der Waals surface area contributed by atoms with Gasteiger partial charge in [0.05, 0.1) is 6.10 Å². The number of halogens is 2. The molecule has 2 amide bonds. The summed E-state index contributed by atoms with van der Waals surface area (Å²) in [6.07, 6.45) is 1.93. The van der Waals surface area contributed by atoms with Crippen LogP contribution in [0.2, 0.25) is 0 Å². The van der Waals surface area contributed by atoms with Crippen LogP contribution in [0.1, 0.15) is 12.8 Å². The van der Waals surface area contributed by atoms with Gasteiger partial charge in [-0.1, -0.05) is 6.58 Å². The lowest BCUT2D eigenvalue weighted by molar-refractivity contribution is -0.200. The molecule has 2 fully saturated rings. The highest BCUT2D eigenvalue weighted by Crippen LogP contribution is 2.24. The largest absolute Gasteiger partial charge is 0.345 e. The van der Waals surface area contributed by atoms with Crippen LogP contribution in [0, 0.1) is 5.92 Å². The van der Waals surface area contributed by atoms with Gasteiger partial charge in [0.25, 0.3) is 0 Å². The molecule has 2 aliphatic rings. The molecule has 0 unspecified atom stereocenters. The first kappa shape index (κ1) is 14.9. The number of piperidine rings is 1. The lowest BCUT2D eigenvalue weighted by Gasteiger charge is -2.41. The van der Waals surface area contributed by atoms with E-state index in [4.69, 9.17) is 0 Å². The van der Waals surface area contributed by atoms with Crippen LogP contribution in [0.3, 0.4) is 0 Å². The number of hydrogen-bond donors (Lipinski definition) is 0. The molecule has 0 bridgehead atoms. The Balaban J connectivity index is 1.73. The molecule has 2 heterocycles. The quantitative estimate of drug-likeness (QED) is 0.721. The summed E-state index contributed by atoms with van der Waals surface area (Å²) >= 11 is 0. The number of carbonyl (C=O) groups excluding carboxylic acids is 2. The number of carbonyl (C=O) groups is 2. The lowest BCUT2D eigenvalue weighted by atomic mass is 9.93. The summed E-state index contributed by atoms with van der Waals surface area (Å²) in [5, 5.41) is 0. The van der Waals surface area contributed by atoms with Crippen LogP contribution in [0.5, 0.6) is 0 Å². The molecule has 0 spiro atoms. The number of rotatable bonds is 4. The third-order valence-electron chi connectivity index (χ3n) is 3.79. The highest BCUT2D eigenvalue weighted by atomic mass is 19.3. The maximum absolute atomic E-state index is 12.1. The Bertz CT molecular complexity index is 389. The van der Waals surface area contributed by atoms with Crippen molar-refractivity contribution in [1.82, 2.24) is 9.80 Å². The molecule has 5 nitrogen and oxygen atoms in total. The zero-order valence-electron chi connectivity index (χ0n) is 11.1. The molecule has 2 rings (SSSR count). The molecule has 0 saturated carbocycles. The minimum absolute atomic E-state index is 0.0233. The van der Waals surface area contributed by atoms with Crippen molar-refractivity contribution < 1.29 is 23.1 Å². The summed E-state index contributed by atoms with van der Waals surface area (Å²) < 4.78 is 28.3. The first-order chi connectivity index (χ1) is 9.51. The molecule has 0 N–H and O–H groups in total. The second-order valence-corrected chi connectivity index (χ2v) is 5.07. The van der Waals surface area contributed by atoms with Crippen LogP contribution < -0.4 is 0 Å². The monoisotopic (exact) mass is 288 g/mol. The Kier molecular flexibility index (Phi) is 4.69. The normalized spacial score (nSPS) is 20.9. The van der Waals surface area contributed by atoms with E-state index in [-0.39, 0.29) is 30.8 Å². The smallest absolute Gasteiger partial charge is 0.339 e. The molecular weight excluding hydrogens is 270 g/mol. The average molecular weight is 288 g/mol. The van der Waals surface area contributed by atoms with E-state index in [1.165, 1.54) is 6.08 Å². The van der Waals surface area contributed by atoms with Gasteiger partial charge in [0.15, 0.2) is 0 Å². The van der Waals surface area contributed by atoms with Gasteiger partial charge < -0.3 is 14.5 Å². The van der Waals surface area contributed by atoms with Crippen LogP contribution in [-0.4, -0.2) is 60.5 Å². The van der Waals surface area contributed by atoms with E-state index in [9.17, 15) is 18.4 Å². The van der Waals surface area contributed by atoms with Crippen molar-refractivity contribution >= 4 is 11.8 Å². The predicted octanol–water partition coefficient (Wildman–Crippen LogP) is 0.861. The van der Waals surface area contributed by atoms with E-state index in [1.54, 1.807) is 9.80 Å². The molecule has 112 valence electrons. The van der Waals surface area contributed by atoms with Gasteiger partial charge in [-0.25, -0.2) is 0 Å². The number of alkyl halides is 2. The SMILES string of the molecule is C=CC(=O)N1CCC(C(=O)N2CC(OC(F)F)C2)CC1. The van der Waals surface area contributed by atoms with Gasteiger partial charge >= 0.3 is 6.61 Å². The predicted molar refractivity (Wildman–Crippen MR) is 67.0 cm³/mol. The fourth-order valence-electron chi connectivity index (χ4n) is 2.58. The summed E-state index contributed by atoms with van der Waals surface area (Å²) in [4.78, 5) is 26.7. The van der Waals surface area contributed by atoms with E-state index in [2.05, 4.69) is 11.3 Å². The molecule has 0 radical (unpaired) electrons. The maximum atomic E-state index is 12.1. The van der Waals surface area contributed by atoms with Crippen molar-refractivity contribution in [2.45, 2.75) is 25.6 Å². The molecule has 2 saturated heterocycles. The Morgan fingerprint density at radius 1 is 1.20 bits per heavy atom. The van der Waals surface area contributed by atoms with Gasteiger partial charge in [-0.3, -0.25) is 9.59 Å². The zero-order chi connectivity index (χ0) is 14.7. The first-order valence-electron chi connectivity index (χ1n) is 6.65. The molecule has 0 aromatic carbocycles. The second kappa shape index (κ2) is 6.30. The van der Waals surface area contributed by atoms with Crippen LogP contribution in [-0.2, 0) is 14.3 Å². The van der Waals surface area contributed by atoms with Crippen molar-refractivity contribution in [3.8, 4) is 0 Å². The minimum atomic E-state index is -2.79. The van der Waals surface area contributed by atoms with E-state index < -0.39 is 12.7 Å². The summed E-state index contributed by atoms with van der Waals surface area (Å²) in [5.74, 6) is -0.272. The highest BCUT2D eigenvalue weighted by molar-refractivity contribution is 5.87. The van der Waals surface area contributed by atoms with Crippen molar-refractivity contribution in [3.63, 3.8) is 0 Å². The molecule has 0 aromatic heterocycles. The fourth-order valence-corrected chi connectivity index (χ4v) is 2.58. The van der Waals surface area contributed by atoms with E-state index >= 15 is 0 Å². The lowest BCUT2D eigenvalue weighted by Crippen LogP contribution is -2.57. The standard InChI is InChI=1S/C13H18F2N2O3/c1-2-11(18)16-5-3-9(4-6-16)12(19)17-7-10(8-17)20-13(14)15/h2,9-10,13H,1,3-8H2. The minimum Gasteiger partial charge on any atom is -0.339 e. The summed E-state index contributed by atoms with van der Waals surface area (Å²) in [6, 6.07) is 0. The van der Waals surface area contributed by atoms with Gasteiger partial charge in [0, 0.05) is 32.1 Å². The average Bonchev–Trinajstić information content (AvgIpc) is 2.40. The molecule has 0 atom stereocenters. The molecule has 0 aliphatic carbocycles. The summed E-state index contributed by atoms with van der Waals surface area (Å²) in [7, 11) is 0. The van der Waals surface area contributed by atoms with Crippen molar-refractivity contribution in [1.29, 1.82) is 0 Å². The number of ether oxygens (including phenoxy) is 1. The van der Waals surface area contributed by atoms with Gasteiger partial charge in [-0.2, -0.15) is 8.78 Å². The Morgan fingerprint density at radius 3 is 2.30 bits per heavy atom. The Hall–Kier alpha value is -1.50. The maximum Gasteiger partial charge on any atom is 0.345 e. The Morgan fingerprint density at radius 2 is 1.80 bits per heavy atom. The van der Waals surface area contributed by atoms with Crippen molar-refractivity contribution in [2.75, 3.05) is 26.2 Å². The van der Waals surface area contributed by atoms with Crippen molar-refractivity contribution in [2.24, 2.45) is 5.92 Å².